The molecular formula is C20H18N2O3. The Morgan fingerprint density at radius 2 is 1.92 bits per heavy atom. The highest BCUT2D eigenvalue weighted by Crippen LogP contribution is 2.24. The molecule has 0 bridgehead atoms. The van der Waals surface area contributed by atoms with Gasteiger partial charge in [-0.05, 0) is 36.4 Å². The molecule has 0 unspecified atom stereocenters. The highest BCUT2D eigenvalue weighted by atomic mass is 16.4. The van der Waals surface area contributed by atoms with Crippen LogP contribution in [0.1, 0.15) is 40.0 Å². The van der Waals surface area contributed by atoms with Crippen LogP contribution in [0.2, 0.25) is 0 Å². The van der Waals surface area contributed by atoms with Crippen LogP contribution in [0, 0.1) is 6.92 Å². The van der Waals surface area contributed by atoms with E-state index in [0.29, 0.717) is 11.1 Å². The van der Waals surface area contributed by atoms with Crippen LogP contribution in [-0.4, -0.2) is 22.0 Å². The molecule has 25 heavy (non-hydrogen) atoms. The van der Waals surface area contributed by atoms with E-state index < -0.39 is 6.09 Å². The van der Waals surface area contributed by atoms with Gasteiger partial charge in [0.15, 0.2) is 5.78 Å². The number of carbonyl (C=O) groups is 2. The Balaban J connectivity index is 1.98. The van der Waals surface area contributed by atoms with E-state index >= 15 is 0 Å². The Morgan fingerprint density at radius 1 is 1.12 bits per heavy atom. The van der Waals surface area contributed by atoms with E-state index in [1.807, 2.05) is 37.3 Å². The molecule has 5 heteroatoms. The number of pyridine rings is 1. The predicted octanol–water partition coefficient (Wildman–Crippen LogP) is 4.10. The Morgan fingerprint density at radius 3 is 2.64 bits per heavy atom. The van der Waals surface area contributed by atoms with Crippen LogP contribution in [0.15, 0.2) is 54.9 Å². The van der Waals surface area contributed by atoms with Gasteiger partial charge in [-0.3, -0.25) is 9.78 Å². The third-order valence-corrected chi connectivity index (χ3v) is 4.26. The number of nitrogens with one attached hydrogen (secondary N) is 1. The van der Waals surface area contributed by atoms with E-state index in [1.165, 1.54) is 0 Å². The number of fused-ring (bicyclic) bond motifs is 1. The summed E-state index contributed by atoms with van der Waals surface area (Å²) in [7, 11) is 0. The molecule has 1 atom stereocenters. The molecule has 2 N–H and O–H groups in total. The number of hydrogen-bond acceptors (Lipinski definition) is 3. The zero-order valence-electron chi connectivity index (χ0n) is 14.0. The minimum Gasteiger partial charge on any atom is -0.465 e. The van der Waals surface area contributed by atoms with Gasteiger partial charge in [0.2, 0.25) is 0 Å². The number of aromatic nitrogens is 1. The van der Waals surface area contributed by atoms with Crippen LogP contribution in [0.3, 0.4) is 0 Å². The average Bonchev–Trinajstić information content (AvgIpc) is 2.60. The molecule has 0 aliphatic heterocycles. The highest BCUT2D eigenvalue weighted by molar-refractivity contribution is 6.16. The summed E-state index contributed by atoms with van der Waals surface area (Å²) >= 11 is 0. The lowest BCUT2D eigenvalue weighted by Gasteiger charge is -2.14. The molecule has 5 nitrogen and oxygen atoms in total. The summed E-state index contributed by atoms with van der Waals surface area (Å²) in [5, 5.41) is 13.0. The van der Waals surface area contributed by atoms with E-state index in [2.05, 4.69) is 10.3 Å². The number of benzene rings is 2. The number of ketones is 1. The van der Waals surface area contributed by atoms with Crippen LogP contribution in [0.25, 0.3) is 10.8 Å². The van der Waals surface area contributed by atoms with Crippen molar-refractivity contribution in [3.05, 3.63) is 77.1 Å². The van der Waals surface area contributed by atoms with Gasteiger partial charge >= 0.3 is 6.09 Å². The van der Waals surface area contributed by atoms with Crippen LogP contribution >= 0.6 is 0 Å². The summed E-state index contributed by atoms with van der Waals surface area (Å²) in [6, 6.07) is 12.5. The van der Waals surface area contributed by atoms with Gasteiger partial charge in [-0.2, -0.15) is 0 Å². The number of rotatable bonds is 4. The minimum absolute atomic E-state index is 0.0558. The van der Waals surface area contributed by atoms with Crippen molar-refractivity contribution >= 4 is 22.6 Å². The third-order valence-electron chi connectivity index (χ3n) is 4.26. The number of aryl methyl sites for hydroxylation is 1. The second-order valence-corrected chi connectivity index (χ2v) is 5.98. The Bertz CT molecular complexity index is 961. The Hall–Kier alpha value is -3.21. The van der Waals surface area contributed by atoms with Gasteiger partial charge in [-0.25, -0.2) is 4.79 Å². The summed E-state index contributed by atoms with van der Waals surface area (Å²) in [5.74, 6) is -0.0558. The number of carbonyl (C=O) groups excluding carboxylic acids is 1. The summed E-state index contributed by atoms with van der Waals surface area (Å²) in [6.45, 7) is 3.62. The van der Waals surface area contributed by atoms with Crippen LogP contribution < -0.4 is 5.32 Å². The molecule has 0 saturated carbocycles. The molecule has 1 aromatic heterocycles. The van der Waals surface area contributed by atoms with Crippen molar-refractivity contribution in [2.45, 2.75) is 19.9 Å². The van der Waals surface area contributed by atoms with Crippen molar-refractivity contribution in [1.82, 2.24) is 10.3 Å². The zero-order valence-corrected chi connectivity index (χ0v) is 14.0. The molecule has 0 aliphatic carbocycles. The molecular weight excluding hydrogens is 316 g/mol. The lowest BCUT2D eigenvalue weighted by atomic mass is 9.93. The molecule has 0 aliphatic rings. The fraction of sp³-hybridized carbons (Fsp3) is 0.150. The maximum Gasteiger partial charge on any atom is 0.405 e. The van der Waals surface area contributed by atoms with Crippen molar-refractivity contribution in [2.75, 3.05) is 0 Å². The molecule has 1 amide bonds. The summed E-state index contributed by atoms with van der Waals surface area (Å²) < 4.78 is 0. The van der Waals surface area contributed by atoms with E-state index in [1.54, 1.807) is 31.5 Å². The fourth-order valence-electron chi connectivity index (χ4n) is 2.95. The van der Waals surface area contributed by atoms with Gasteiger partial charge in [0, 0.05) is 28.9 Å². The van der Waals surface area contributed by atoms with Crippen molar-refractivity contribution < 1.29 is 14.7 Å². The normalized spacial score (nSPS) is 11.9. The molecule has 1 heterocycles. The van der Waals surface area contributed by atoms with Gasteiger partial charge in [0.25, 0.3) is 0 Å². The van der Waals surface area contributed by atoms with Crippen molar-refractivity contribution in [1.29, 1.82) is 0 Å². The first-order valence-electron chi connectivity index (χ1n) is 7.95. The smallest absolute Gasteiger partial charge is 0.405 e. The average molecular weight is 334 g/mol. The van der Waals surface area contributed by atoms with Crippen LogP contribution in [-0.2, 0) is 0 Å². The first-order chi connectivity index (χ1) is 12.0. The molecule has 0 radical (unpaired) electrons. The molecule has 3 rings (SSSR count). The van der Waals surface area contributed by atoms with Crippen molar-refractivity contribution in [2.24, 2.45) is 0 Å². The van der Waals surface area contributed by atoms with Crippen molar-refractivity contribution in [3.8, 4) is 0 Å². The first-order valence-corrected chi connectivity index (χ1v) is 7.95. The maximum absolute atomic E-state index is 13.0. The van der Waals surface area contributed by atoms with Gasteiger partial charge in [0.05, 0.1) is 6.04 Å². The Kier molecular flexibility index (Phi) is 4.48. The number of carboxylic acid groups (broad SMARTS) is 1. The number of amides is 1. The zero-order chi connectivity index (χ0) is 18.0. The number of nitrogens with zero attached hydrogens (tertiary/aromatic N) is 1. The molecule has 126 valence electrons. The van der Waals surface area contributed by atoms with E-state index in [-0.39, 0.29) is 11.8 Å². The fourth-order valence-corrected chi connectivity index (χ4v) is 2.95. The van der Waals surface area contributed by atoms with Crippen LogP contribution in [0.4, 0.5) is 4.79 Å². The molecule has 2 aromatic carbocycles. The minimum atomic E-state index is -1.07. The molecule has 0 fully saturated rings. The summed E-state index contributed by atoms with van der Waals surface area (Å²) in [6.07, 6.45) is 2.34. The molecule has 0 spiro atoms. The lowest BCUT2D eigenvalue weighted by molar-refractivity contribution is 0.103. The predicted molar refractivity (Wildman–Crippen MR) is 95.9 cm³/mol. The first kappa shape index (κ1) is 16.6. The monoisotopic (exact) mass is 334 g/mol. The van der Waals surface area contributed by atoms with Crippen molar-refractivity contribution in [3.63, 3.8) is 0 Å². The second-order valence-electron chi connectivity index (χ2n) is 5.98. The molecule has 0 saturated heterocycles. The topological polar surface area (TPSA) is 79.3 Å². The summed E-state index contributed by atoms with van der Waals surface area (Å²) in [5.41, 5.74) is 2.87. The van der Waals surface area contributed by atoms with E-state index in [4.69, 9.17) is 5.11 Å². The molecule has 3 aromatic rings. The SMILES string of the molecule is Cc1cc([C@H](C)NC(=O)O)ccc1C(=O)c1cccc2cnccc12. The Labute approximate surface area is 145 Å². The largest absolute Gasteiger partial charge is 0.465 e. The maximum atomic E-state index is 13.0. The second kappa shape index (κ2) is 6.73. The number of hydrogen-bond donors (Lipinski definition) is 2. The van der Waals surface area contributed by atoms with Crippen LogP contribution in [0.5, 0.6) is 0 Å². The summed E-state index contributed by atoms with van der Waals surface area (Å²) in [4.78, 5) is 27.9. The van der Waals surface area contributed by atoms with Gasteiger partial charge in [-0.15, -0.1) is 0 Å². The van der Waals surface area contributed by atoms with Gasteiger partial charge < -0.3 is 10.4 Å². The van der Waals surface area contributed by atoms with E-state index in [9.17, 15) is 9.59 Å². The standard InChI is InChI=1S/C20H18N2O3/c1-12-10-14(13(2)22-20(24)25)6-7-16(12)19(23)18-5-3-4-15-11-21-9-8-17(15)18/h3-11,13,22H,1-2H3,(H,24,25)/t13-/m0/s1. The lowest BCUT2D eigenvalue weighted by Crippen LogP contribution is -2.24. The quantitative estimate of drug-likeness (QED) is 0.704. The van der Waals surface area contributed by atoms with Gasteiger partial charge in [-0.1, -0.05) is 36.4 Å². The third kappa shape index (κ3) is 3.35. The van der Waals surface area contributed by atoms with Gasteiger partial charge in [0.1, 0.15) is 0 Å². The highest BCUT2D eigenvalue weighted by Gasteiger charge is 2.16. The van der Waals surface area contributed by atoms with E-state index in [0.717, 1.165) is 21.9 Å².